The van der Waals surface area contributed by atoms with Gasteiger partial charge in [-0.05, 0) is 44.6 Å². The minimum absolute atomic E-state index is 0.266. The van der Waals surface area contributed by atoms with Gasteiger partial charge in [0.25, 0.3) is 0 Å². The summed E-state index contributed by atoms with van der Waals surface area (Å²) in [5.74, 6) is 5.49. The molecule has 16 heavy (non-hydrogen) atoms. The SMILES string of the molecule is CC(C)OCC(CCCc1cccs1)NN. The van der Waals surface area contributed by atoms with Crippen LogP contribution >= 0.6 is 11.3 Å². The van der Waals surface area contributed by atoms with Crippen LogP contribution in [0.4, 0.5) is 0 Å². The van der Waals surface area contributed by atoms with Gasteiger partial charge in [0, 0.05) is 10.9 Å². The van der Waals surface area contributed by atoms with E-state index >= 15 is 0 Å². The Balaban J connectivity index is 2.13. The molecule has 1 heterocycles. The number of hydrogen-bond acceptors (Lipinski definition) is 4. The molecule has 0 aliphatic carbocycles. The lowest BCUT2D eigenvalue weighted by atomic mass is 10.1. The Morgan fingerprint density at radius 2 is 2.31 bits per heavy atom. The van der Waals surface area contributed by atoms with Gasteiger partial charge in [0.15, 0.2) is 0 Å². The zero-order valence-electron chi connectivity index (χ0n) is 10.1. The quantitative estimate of drug-likeness (QED) is 0.543. The molecule has 0 saturated carbocycles. The Morgan fingerprint density at radius 3 is 2.88 bits per heavy atom. The monoisotopic (exact) mass is 242 g/mol. The van der Waals surface area contributed by atoms with Crippen LogP contribution in [0.3, 0.4) is 0 Å². The van der Waals surface area contributed by atoms with Crippen LogP contribution in [0, 0.1) is 0 Å². The van der Waals surface area contributed by atoms with Crippen LogP contribution in [-0.4, -0.2) is 18.8 Å². The second-order valence-corrected chi connectivity index (χ2v) is 5.25. The first-order chi connectivity index (χ1) is 7.72. The summed E-state index contributed by atoms with van der Waals surface area (Å²) in [5.41, 5.74) is 2.82. The van der Waals surface area contributed by atoms with Crippen molar-refractivity contribution in [3.8, 4) is 0 Å². The predicted octanol–water partition coefficient (Wildman–Crippen LogP) is 2.33. The Morgan fingerprint density at radius 1 is 1.50 bits per heavy atom. The van der Waals surface area contributed by atoms with Crippen LogP contribution in [0.15, 0.2) is 17.5 Å². The molecule has 0 fully saturated rings. The standard InChI is InChI=1S/C12H22N2OS/c1-10(2)15-9-11(14-13)5-3-6-12-7-4-8-16-12/h4,7-8,10-11,14H,3,5-6,9,13H2,1-2H3. The van der Waals surface area contributed by atoms with Crippen molar-refractivity contribution in [1.82, 2.24) is 5.43 Å². The molecule has 0 amide bonds. The Labute approximate surface area is 102 Å². The van der Waals surface area contributed by atoms with E-state index in [2.05, 4.69) is 22.9 Å². The van der Waals surface area contributed by atoms with Crippen molar-refractivity contribution in [2.45, 2.75) is 45.3 Å². The minimum atomic E-state index is 0.266. The molecule has 0 aliphatic rings. The van der Waals surface area contributed by atoms with Gasteiger partial charge in [0.2, 0.25) is 0 Å². The van der Waals surface area contributed by atoms with E-state index < -0.39 is 0 Å². The molecule has 3 N–H and O–H groups in total. The molecule has 0 aromatic carbocycles. The van der Waals surface area contributed by atoms with Crippen LogP contribution < -0.4 is 11.3 Å². The average Bonchev–Trinajstić information content (AvgIpc) is 2.75. The second kappa shape index (κ2) is 7.79. The van der Waals surface area contributed by atoms with Crippen molar-refractivity contribution in [1.29, 1.82) is 0 Å². The predicted molar refractivity (Wildman–Crippen MR) is 69.5 cm³/mol. The maximum absolute atomic E-state index is 5.54. The molecule has 1 aromatic rings. The van der Waals surface area contributed by atoms with Crippen LogP contribution in [0.1, 0.15) is 31.6 Å². The lowest BCUT2D eigenvalue weighted by Gasteiger charge is -2.17. The van der Waals surface area contributed by atoms with E-state index in [1.807, 2.05) is 25.2 Å². The van der Waals surface area contributed by atoms with Crippen molar-refractivity contribution < 1.29 is 4.74 Å². The summed E-state index contributed by atoms with van der Waals surface area (Å²) in [6.07, 6.45) is 3.61. The number of thiophene rings is 1. The van der Waals surface area contributed by atoms with Gasteiger partial charge in [-0.1, -0.05) is 6.07 Å². The van der Waals surface area contributed by atoms with Gasteiger partial charge >= 0.3 is 0 Å². The number of nitrogens with two attached hydrogens (primary N) is 1. The maximum Gasteiger partial charge on any atom is 0.0636 e. The maximum atomic E-state index is 5.54. The van der Waals surface area contributed by atoms with Crippen LogP contribution in [-0.2, 0) is 11.2 Å². The lowest BCUT2D eigenvalue weighted by Crippen LogP contribution is -2.39. The molecule has 0 saturated heterocycles. The van der Waals surface area contributed by atoms with E-state index in [1.54, 1.807) is 0 Å². The van der Waals surface area contributed by atoms with Gasteiger partial charge in [0.1, 0.15) is 0 Å². The fraction of sp³-hybridized carbons (Fsp3) is 0.667. The summed E-state index contributed by atoms with van der Waals surface area (Å²) in [6, 6.07) is 4.54. The second-order valence-electron chi connectivity index (χ2n) is 4.22. The highest BCUT2D eigenvalue weighted by molar-refractivity contribution is 7.09. The molecule has 0 spiro atoms. The van der Waals surface area contributed by atoms with E-state index in [0.717, 1.165) is 19.3 Å². The highest BCUT2D eigenvalue weighted by atomic mass is 32.1. The fourth-order valence-electron chi connectivity index (χ4n) is 1.50. The van der Waals surface area contributed by atoms with Gasteiger partial charge < -0.3 is 4.74 Å². The highest BCUT2D eigenvalue weighted by Crippen LogP contribution is 2.12. The summed E-state index contributed by atoms with van der Waals surface area (Å²) in [5, 5.41) is 2.12. The number of ether oxygens (including phenoxy) is 1. The van der Waals surface area contributed by atoms with Gasteiger partial charge in [-0.3, -0.25) is 11.3 Å². The summed E-state index contributed by atoms with van der Waals surface area (Å²) in [6.45, 7) is 4.77. The van der Waals surface area contributed by atoms with Crippen molar-refractivity contribution in [2.75, 3.05) is 6.61 Å². The molecular formula is C12H22N2OS. The van der Waals surface area contributed by atoms with Crippen molar-refractivity contribution in [3.63, 3.8) is 0 Å². The molecular weight excluding hydrogens is 220 g/mol. The van der Waals surface area contributed by atoms with Gasteiger partial charge in [-0.15, -0.1) is 11.3 Å². The molecule has 1 unspecified atom stereocenters. The first-order valence-electron chi connectivity index (χ1n) is 5.82. The molecule has 4 heteroatoms. The lowest BCUT2D eigenvalue weighted by molar-refractivity contribution is 0.0592. The molecule has 1 rings (SSSR count). The minimum Gasteiger partial charge on any atom is -0.377 e. The van der Waals surface area contributed by atoms with E-state index in [1.165, 1.54) is 4.88 Å². The van der Waals surface area contributed by atoms with Crippen LogP contribution in [0.2, 0.25) is 0 Å². The zero-order chi connectivity index (χ0) is 11.8. The third-order valence-corrected chi connectivity index (χ3v) is 3.36. The third kappa shape index (κ3) is 5.61. The Kier molecular flexibility index (Phi) is 6.64. The smallest absolute Gasteiger partial charge is 0.0636 e. The number of hydrogen-bond donors (Lipinski definition) is 2. The van der Waals surface area contributed by atoms with E-state index in [4.69, 9.17) is 10.6 Å². The van der Waals surface area contributed by atoms with Gasteiger partial charge in [0.05, 0.1) is 12.7 Å². The topological polar surface area (TPSA) is 47.3 Å². The summed E-state index contributed by atoms with van der Waals surface area (Å²) >= 11 is 1.82. The number of hydrazine groups is 1. The molecule has 0 radical (unpaired) electrons. The summed E-state index contributed by atoms with van der Waals surface area (Å²) in [7, 11) is 0. The molecule has 0 bridgehead atoms. The van der Waals surface area contributed by atoms with Gasteiger partial charge in [-0.2, -0.15) is 0 Å². The van der Waals surface area contributed by atoms with E-state index in [9.17, 15) is 0 Å². The molecule has 1 aromatic heterocycles. The third-order valence-electron chi connectivity index (χ3n) is 2.42. The normalized spacial score (nSPS) is 13.2. The van der Waals surface area contributed by atoms with Crippen molar-refractivity contribution >= 4 is 11.3 Å². The first-order valence-corrected chi connectivity index (χ1v) is 6.70. The molecule has 92 valence electrons. The number of rotatable bonds is 8. The fourth-order valence-corrected chi connectivity index (χ4v) is 2.25. The summed E-state index contributed by atoms with van der Waals surface area (Å²) < 4.78 is 5.54. The number of aryl methyl sites for hydroxylation is 1. The van der Waals surface area contributed by atoms with Crippen molar-refractivity contribution in [2.24, 2.45) is 5.84 Å². The van der Waals surface area contributed by atoms with Crippen molar-refractivity contribution in [3.05, 3.63) is 22.4 Å². The van der Waals surface area contributed by atoms with Crippen LogP contribution in [0.5, 0.6) is 0 Å². The van der Waals surface area contributed by atoms with Gasteiger partial charge in [-0.25, -0.2) is 0 Å². The molecule has 1 atom stereocenters. The Hall–Kier alpha value is -0.420. The average molecular weight is 242 g/mol. The highest BCUT2D eigenvalue weighted by Gasteiger charge is 2.07. The largest absolute Gasteiger partial charge is 0.377 e. The zero-order valence-corrected chi connectivity index (χ0v) is 10.9. The van der Waals surface area contributed by atoms with E-state index in [-0.39, 0.29) is 12.1 Å². The molecule has 0 aliphatic heterocycles. The number of nitrogens with one attached hydrogen (secondary N) is 1. The van der Waals surface area contributed by atoms with Crippen LogP contribution in [0.25, 0.3) is 0 Å². The van der Waals surface area contributed by atoms with E-state index in [0.29, 0.717) is 6.61 Å². The molecule has 3 nitrogen and oxygen atoms in total. The Bertz CT molecular complexity index is 262. The first kappa shape index (κ1) is 13.6. The summed E-state index contributed by atoms with van der Waals surface area (Å²) in [4.78, 5) is 1.44.